The lowest BCUT2D eigenvalue weighted by molar-refractivity contribution is -0.389. The van der Waals surface area contributed by atoms with Crippen molar-refractivity contribution in [1.29, 1.82) is 0 Å². The second-order valence-corrected chi connectivity index (χ2v) is 5.69. The fourth-order valence-electron chi connectivity index (χ4n) is 1.73. The lowest BCUT2D eigenvalue weighted by Gasteiger charge is -2.07. The SMILES string of the molecule is CC(C)CCOCCNc1nc2sccn2c1[N+](=O)[O-]. The third-order valence-electron chi connectivity index (χ3n) is 2.79. The monoisotopic (exact) mass is 298 g/mol. The van der Waals surface area contributed by atoms with E-state index in [9.17, 15) is 10.1 Å². The van der Waals surface area contributed by atoms with Crippen LogP contribution in [0.5, 0.6) is 0 Å². The minimum absolute atomic E-state index is 0.0246. The molecule has 7 nitrogen and oxygen atoms in total. The Morgan fingerprint density at radius 3 is 3.05 bits per heavy atom. The molecule has 2 heterocycles. The molecule has 8 heteroatoms. The van der Waals surface area contributed by atoms with Crippen LogP contribution < -0.4 is 5.32 Å². The first-order chi connectivity index (χ1) is 9.59. The summed E-state index contributed by atoms with van der Waals surface area (Å²) in [6.07, 6.45) is 2.66. The smallest absolute Gasteiger partial charge is 0.372 e. The van der Waals surface area contributed by atoms with Gasteiger partial charge in [0.15, 0.2) is 0 Å². The topological polar surface area (TPSA) is 81.7 Å². The second kappa shape index (κ2) is 6.67. The Morgan fingerprint density at radius 1 is 1.55 bits per heavy atom. The summed E-state index contributed by atoms with van der Waals surface area (Å²) in [5, 5.41) is 15.8. The summed E-state index contributed by atoms with van der Waals surface area (Å²) in [4.78, 5) is 15.5. The van der Waals surface area contributed by atoms with E-state index < -0.39 is 4.92 Å². The number of imidazole rings is 1. The van der Waals surface area contributed by atoms with Crippen molar-refractivity contribution in [3.8, 4) is 0 Å². The Hall–Kier alpha value is -1.67. The number of ether oxygens (including phenoxy) is 1. The number of hydrogen-bond donors (Lipinski definition) is 1. The maximum Gasteiger partial charge on any atom is 0.372 e. The van der Waals surface area contributed by atoms with Crippen molar-refractivity contribution >= 4 is 27.9 Å². The van der Waals surface area contributed by atoms with Gasteiger partial charge >= 0.3 is 5.82 Å². The molecule has 0 radical (unpaired) electrons. The number of nitrogens with one attached hydrogen (secondary N) is 1. The largest absolute Gasteiger partial charge is 0.380 e. The molecule has 20 heavy (non-hydrogen) atoms. The minimum Gasteiger partial charge on any atom is -0.380 e. The maximum absolute atomic E-state index is 11.1. The molecule has 0 aliphatic rings. The molecule has 2 rings (SSSR count). The standard InChI is InChI=1S/C12H18N4O3S/c1-9(2)3-6-19-7-4-13-10-11(16(17)18)15-5-8-20-12(15)14-10/h5,8-9,13H,3-4,6-7H2,1-2H3. The lowest BCUT2D eigenvalue weighted by Crippen LogP contribution is -2.12. The van der Waals surface area contributed by atoms with Crippen LogP contribution in [0.15, 0.2) is 11.6 Å². The number of nitro groups is 1. The van der Waals surface area contributed by atoms with Crippen molar-refractivity contribution in [2.24, 2.45) is 5.92 Å². The molecule has 2 aromatic rings. The van der Waals surface area contributed by atoms with Gasteiger partial charge in [-0.1, -0.05) is 25.2 Å². The van der Waals surface area contributed by atoms with Crippen molar-refractivity contribution in [3.63, 3.8) is 0 Å². The van der Waals surface area contributed by atoms with Crippen molar-refractivity contribution < 1.29 is 9.66 Å². The second-order valence-electron chi connectivity index (χ2n) is 4.82. The van der Waals surface area contributed by atoms with E-state index in [1.165, 1.54) is 15.7 Å². The first kappa shape index (κ1) is 14.7. The molecule has 0 bridgehead atoms. The molecule has 0 saturated heterocycles. The highest BCUT2D eigenvalue weighted by Gasteiger charge is 2.22. The molecule has 0 aliphatic carbocycles. The van der Waals surface area contributed by atoms with E-state index in [0.717, 1.165) is 6.42 Å². The summed E-state index contributed by atoms with van der Waals surface area (Å²) in [5.74, 6) is 0.890. The van der Waals surface area contributed by atoms with Gasteiger partial charge in [0, 0.05) is 18.5 Å². The Morgan fingerprint density at radius 2 is 2.35 bits per heavy atom. The van der Waals surface area contributed by atoms with Crippen molar-refractivity contribution in [2.75, 3.05) is 25.1 Å². The maximum atomic E-state index is 11.1. The van der Waals surface area contributed by atoms with Crippen LogP contribution in [-0.2, 0) is 4.74 Å². The van der Waals surface area contributed by atoms with E-state index in [0.29, 0.717) is 36.5 Å². The molecular formula is C12H18N4O3S. The lowest BCUT2D eigenvalue weighted by atomic mass is 10.1. The molecule has 0 aromatic carbocycles. The van der Waals surface area contributed by atoms with Gasteiger partial charge in [-0.25, -0.2) is 0 Å². The summed E-state index contributed by atoms with van der Waals surface area (Å²) in [7, 11) is 0. The predicted molar refractivity (Wildman–Crippen MR) is 78.5 cm³/mol. The molecule has 0 atom stereocenters. The van der Waals surface area contributed by atoms with E-state index in [4.69, 9.17) is 4.74 Å². The average molecular weight is 298 g/mol. The van der Waals surface area contributed by atoms with E-state index in [2.05, 4.69) is 24.1 Å². The van der Waals surface area contributed by atoms with Gasteiger partial charge in [0.1, 0.15) is 6.20 Å². The number of aromatic nitrogens is 2. The Bertz CT molecular complexity index is 578. The van der Waals surface area contributed by atoms with Gasteiger partial charge in [0.25, 0.3) is 4.96 Å². The molecular weight excluding hydrogens is 280 g/mol. The van der Waals surface area contributed by atoms with Crippen LogP contribution >= 0.6 is 11.3 Å². The third kappa shape index (κ3) is 3.45. The van der Waals surface area contributed by atoms with Gasteiger partial charge in [-0.3, -0.25) is 0 Å². The van der Waals surface area contributed by atoms with Crippen molar-refractivity contribution in [3.05, 3.63) is 21.7 Å². The van der Waals surface area contributed by atoms with Crippen LogP contribution in [-0.4, -0.2) is 34.1 Å². The van der Waals surface area contributed by atoms with E-state index in [1.807, 2.05) is 0 Å². The third-order valence-corrected chi connectivity index (χ3v) is 3.54. The molecule has 0 saturated carbocycles. The minimum atomic E-state index is -0.422. The van der Waals surface area contributed by atoms with Crippen LogP contribution in [0.25, 0.3) is 4.96 Å². The summed E-state index contributed by atoms with van der Waals surface area (Å²) in [6.45, 7) is 6.00. The number of thiazole rings is 1. The van der Waals surface area contributed by atoms with Gasteiger partial charge in [-0.05, 0) is 17.3 Å². The van der Waals surface area contributed by atoms with Crippen LogP contribution in [0.4, 0.5) is 11.6 Å². The summed E-state index contributed by atoms with van der Waals surface area (Å²) in [5.41, 5.74) is 0. The molecule has 0 amide bonds. The van der Waals surface area contributed by atoms with E-state index >= 15 is 0 Å². The first-order valence-electron chi connectivity index (χ1n) is 6.51. The number of anilines is 1. The van der Waals surface area contributed by atoms with Gasteiger partial charge in [-0.15, -0.1) is 0 Å². The quantitative estimate of drug-likeness (QED) is 0.460. The van der Waals surface area contributed by atoms with E-state index in [1.54, 1.807) is 11.6 Å². The van der Waals surface area contributed by atoms with Crippen LogP contribution in [0.3, 0.4) is 0 Å². The van der Waals surface area contributed by atoms with Crippen LogP contribution in [0.2, 0.25) is 0 Å². The van der Waals surface area contributed by atoms with Gasteiger partial charge in [-0.2, -0.15) is 9.38 Å². The van der Waals surface area contributed by atoms with Crippen LogP contribution in [0.1, 0.15) is 20.3 Å². The van der Waals surface area contributed by atoms with E-state index in [-0.39, 0.29) is 5.82 Å². The Labute approximate surface area is 120 Å². The number of fused-ring (bicyclic) bond motifs is 1. The van der Waals surface area contributed by atoms with Crippen LogP contribution in [0, 0.1) is 16.0 Å². The highest BCUT2D eigenvalue weighted by atomic mass is 32.1. The summed E-state index contributed by atoms with van der Waals surface area (Å²) < 4.78 is 6.94. The van der Waals surface area contributed by atoms with Gasteiger partial charge in [0.2, 0.25) is 5.82 Å². The number of rotatable bonds is 8. The van der Waals surface area contributed by atoms with Gasteiger partial charge < -0.3 is 20.2 Å². The Kier molecular flexibility index (Phi) is 4.91. The zero-order valence-electron chi connectivity index (χ0n) is 11.5. The van der Waals surface area contributed by atoms with Crippen molar-refractivity contribution in [1.82, 2.24) is 9.38 Å². The first-order valence-corrected chi connectivity index (χ1v) is 7.39. The fourth-order valence-corrected chi connectivity index (χ4v) is 2.44. The molecule has 0 fully saturated rings. The van der Waals surface area contributed by atoms with Gasteiger partial charge in [0.05, 0.1) is 6.61 Å². The zero-order chi connectivity index (χ0) is 14.5. The highest BCUT2D eigenvalue weighted by molar-refractivity contribution is 7.15. The molecule has 0 spiro atoms. The number of nitrogens with zero attached hydrogens (tertiary/aromatic N) is 3. The predicted octanol–water partition coefficient (Wildman–Crippen LogP) is 2.78. The summed E-state index contributed by atoms with van der Waals surface area (Å²) >= 11 is 1.37. The number of hydrogen-bond acceptors (Lipinski definition) is 6. The average Bonchev–Trinajstić information content (AvgIpc) is 2.92. The van der Waals surface area contributed by atoms with Crippen molar-refractivity contribution in [2.45, 2.75) is 20.3 Å². The summed E-state index contributed by atoms with van der Waals surface area (Å²) in [6, 6.07) is 0. The molecule has 1 N–H and O–H groups in total. The molecule has 2 aromatic heterocycles. The highest BCUT2D eigenvalue weighted by Crippen LogP contribution is 2.27. The zero-order valence-corrected chi connectivity index (χ0v) is 12.4. The molecule has 0 aliphatic heterocycles. The fraction of sp³-hybridized carbons (Fsp3) is 0.583. The molecule has 110 valence electrons. The molecule has 0 unspecified atom stereocenters. The normalized spacial score (nSPS) is 11.3. The Balaban J connectivity index is 1.88.